The van der Waals surface area contributed by atoms with Crippen LogP contribution in [0.1, 0.15) is 34.8 Å². The number of hydrogen-bond acceptors (Lipinski definition) is 6. The van der Waals surface area contributed by atoms with Gasteiger partial charge >= 0.3 is 0 Å². The third-order valence-electron chi connectivity index (χ3n) is 2.75. The first kappa shape index (κ1) is 13.1. The molecular formula is C11H16N6O2. The van der Waals surface area contributed by atoms with Gasteiger partial charge in [-0.1, -0.05) is 0 Å². The molecule has 0 fully saturated rings. The van der Waals surface area contributed by atoms with Crippen LogP contribution < -0.4 is 11.1 Å². The summed E-state index contributed by atoms with van der Waals surface area (Å²) in [6.45, 7) is 6.27. The lowest BCUT2D eigenvalue weighted by molar-refractivity contribution is 0.0938. The van der Waals surface area contributed by atoms with Crippen molar-refractivity contribution in [1.82, 2.24) is 25.4 Å². The Morgan fingerprint density at radius 2 is 2.26 bits per heavy atom. The first-order valence-corrected chi connectivity index (χ1v) is 5.88. The fourth-order valence-corrected chi connectivity index (χ4v) is 1.86. The second-order valence-corrected chi connectivity index (χ2v) is 4.43. The van der Waals surface area contributed by atoms with Gasteiger partial charge < -0.3 is 11.1 Å². The molecule has 2 heterocycles. The topological polar surface area (TPSA) is 112 Å². The van der Waals surface area contributed by atoms with Crippen molar-refractivity contribution in [2.75, 3.05) is 12.3 Å². The highest BCUT2D eigenvalue weighted by molar-refractivity contribution is 5.95. The Morgan fingerprint density at radius 3 is 2.79 bits per heavy atom. The molecule has 1 atom stereocenters. The number of nitrogens with one attached hydrogen (secondary N) is 1. The molecule has 8 heteroatoms. The van der Waals surface area contributed by atoms with E-state index in [0.717, 1.165) is 11.4 Å². The van der Waals surface area contributed by atoms with Crippen LogP contribution in [0.5, 0.6) is 0 Å². The Bertz CT molecular complexity index is 588. The average Bonchev–Trinajstić information content (AvgIpc) is 2.91. The van der Waals surface area contributed by atoms with Crippen LogP contribution >= 0.6 is 0 Å². The fraction of sp³-hybridized carbons (Fsp3) is 0.455. The molecule has 0 aliphatic carbocycles. The summed E-state index contributed by atoms with van der Waals surface area (Å²) in [7, 11) is 0. The third-order valence-corrected chi connectivity index (χ3v) is 2.75. The largest absolute Gasteiger partial charge is 0.379 e. The number of nitrogens with zero attached hydrogens (tertiary/aromatic N) is 4. The number of carbonyl (C=O) groups is 1. The average molecular weight is 264 g/mol. The molecule has 3 N–H and O–H groups in total. The van der Waals surface area contributed by atoms with Gasteiger partial charge in [0.15, 0.2) is 0 Å². The SMILES string of the molecule is Cc1cc(C)n(C(C)CNC(=O)c2nonc2N)n1. The molecule has 0 saturated carbocycles. The highest BCUT2D eigenvalue weighted by Crippen LogP contribution is 2.10. The summed E-state index contributed by atoms with van der Waals surface area (Å²) in [4.78, 5) is 11.8. The Hall–Kier alpha value is -2.38. The van der Waals surface area contributed by atoms with Gasteiger partial charge in [0.25, 0.3) is 5.91 Å². The zero-order chi connectivity index (χ0) is 14.0. The number of hydrogen-bond donors (Lipinski definition) is 2. The van der Waals surface area contributed by atoms with Crippen molar-refractivity contribution in [2.24, 2.45) is 0 Å². The predicted octanol–water partition coefficient (Wildman–Crippen LogP) is 0.456. The van der Waals surface area contributed by atoms with Crippen molar-refractivity contribution < 1.29 is 9.42 Å². The second-order valence-electron chi connectivity index (χ2n) is 4.43. The van der Waals surface area contributed by atoms with Crippen LogP contribution in [0.15, 0.2) is 10.7 Å². The lowest BCUT2D eigenvalue weighted by atomic mass is 10.3. The van der Waals surface area contributed by atoms with E-state index in [0.29, 0.717) is 6.54 Å². The van der Waals surface area contributed by atoms with Gasteiger partial charge in [0.05, 0.1) is 11.7 Å². The number of carbonyl (C=O) groups excluding carboxylic acids is 1. The summed E-state index contributed by atoms with van der Waals surface area (Å²) in [5, 5.41) is 13.9. The van der Waals surface area contributed by atoms with Gasteiger partial charge in [-0.05, 0) is 37.2 Å². The smallest absolute Gasteiger partial charge is 0.277 e. The van der Waals surface area contributed by atoms with Crippen LogP contribution in [-0.4, -0.2) is 32.5 Å². The highest BCUT2D eigenvalue weighted by Gasteiger charge is 2.17. The first-order valence-electron chi connectivity index (χ1n) is 5.88. The van der Waals surface area contributed by atoms with Gasteiger partial charge in [0.1, 0.15) is 0 Å². The van der Waals surface area contributed by atoms with Crippen LogP contribution in [0, 0.1) is 13.8 Å². The van der Waals surface area contributed by atoms with E-state index in [1.807, 2.05) is 31.5 Å². The Balaban J connectivity index is 1.97. The Kier molecular flexibility index (Phi) is 3.50. The monoisotopic (exact) mass is 264 g/mol. The van der Waals surface area contributed by atoms with E-state index >= 15 is 0 Å². The summed E-state index contributed by atoms with van der Waals surface area (Å²) < 4.78 is 6.24. The molecule has 1 unspecified atom stereocenters. The molecule has 0 aliphatic rings. The quantitative estimate of drug-likeness (QED) is 0.829. The molecule has 0 radical (unpaired) electrons. The molecule has 1 amide bonds. The lowest BCUT2D eigenvalue weighted by Gasteiger charge is -2.14. The molecule has 2 aromatic rings. The molecule has 0 saturated heterocycles. The number of aromatic nitrogens is 4. The maximum atomic E-state index is 11.8. The van der Waals surface area contributed by atoms with E-state index in [4.69, 9.17) is 5.73 Å². The zero-order valence-electron chi connectivity index (χ0n) is 11.0. The van der Waals surface area contributed by atoms with Gasteiger partial charge in [0, 0.05) is 12.2 Å². The van der Waals surface area contributed by atoms with Gasteiger partial charge in [-0.25, -0.2) is 4.63 Å². The van der Waals surface area contributed by atoms with E-state index in [1.54, 1.807) is 0 Å². The Morgan fingerprint density at radius 1 is 1.53 bits per heavy atom. The van der Waals surface area contributed by atoms with Crippen molar-refractivity contribution >= 4 is 11.7 Å². The van der Waals surface area contributed by atoms with Gasteiger partial charge in [-0.3, -0.25) is 9.48 Å². The third kappa shape index (κ3) is 2.72. The fourth-order valence-electron chi connectivity index (χ4n) is 1.86. The minimum absolute atomic E-state index is 0.000526. The summed E-state index contributed by atoms with van der Waals surface area (Å²) >= 11 is 0. The van der Waals surface area contributed by atoms with Crippen LogP contribution in [0.25, 0.3) is 0 Å². The minimum atomic E-state index is -0.410. The van der Waals surface area contributed by atoms with Crippen molar-refractivity contribution in [1.29, 1.82) is 0 Å². The maximum absolute atomic E-state index is 11.8. The molecule has 0 aliphatic heterocycles. The zero-order valence-corrected chi connectivity index (χ0v) is 11.0. The molecule has 0 spiro atoms. The van der Waals surface area contributed by atoms with Crippen molar-refractivity contribution in [3.8, 4) is 0 Å². The first-order chi connectivity index (χ1) is 8.99. The minimum Gasteiger partial charge on any atom is -0.379 e. The highest BCUT2D eigenvalue weighted by atomic mass is 16.6. The number of aryl methyl sites for hydroxylation is 2. The van der Waals surface area contributed by atoms with E-state index in [1.165, 1.54) is 0 Å². The molecule has 0 aromatic carbocycles. The number of nitrogen functional groups attached to an aromatic ring is 1. The molecular weight excluding hydrogens is 248 g/mol. The lowest BCUT2D eigenvalue weighted by Crippen LogP contribution is -2.31. The summed E-state index contributed by atoms with van der Waals surface area (Å²) in [5.41, 5.74) is 7.43. The van der Waals surface area contributed by atoms with Crippen LogP contribution in [-0.2, 0) is 0 Å². The Labute approximate surface area is 109 Å². The molecule has 8 nitrogen and oxygen atoms in total. The molecule has 2 rings (SSSR count). The molecule has 0 bridgehead atoms. The summed E-state index contributed by atoms with van der Waals surface area (Å²) in [6.07, 6.45) is 0. The van der Waals surface area contributed by atoms with Crippen LogP contribution in [0.2, 0.25) is 0 Å². The normalized spacial score (nSPS) is 12.4. The van der Waals surface area contributed by atoms with Crippen molar-refractivity contribution in [3.05, 3.63) is 23.1 Å². The molecule has 2 aromatic heterocycles. The number of nitrogens with two attached hydrogens (primary N) is 1. The maximum Gasteiger partial charge on any atom is 0.277 e. The molecule has 102 valence electrons. The predicted molar refractivity (Wildman–Crippen MR) is 67.5 cm³/mol. The standard InChI is InChI=1S/C11H16N6O2/c1-6-4-7(2)17(14-6)8(3)5-13-11(18)9-10(12)16-19-15-9/h4,8H,5H2,1-3H3,(H2,12,16)(H,13,18). The number of rotatable bonds is 4. The van der Waals surface area contributed by atoms with Gasteiger partial charge in [-0.15, -0.1) is 0 Å². The van der Waals surface area contributed by atoms with Crippen LogP contribution in [0.4, 0.5) is 5.82 Å². The van der Waals surface area contributed by atoms with Gasteiger partial charge in [0.2, 0.25) is 11.5 Å². The number of amides is 1. The summed E-state index contributed by atoms with van der Waals surface area (Å²) in [5.74, 6) is -0.427. The van der Waals surface area contributed by atoms with Gasteiger partial charge in [-0.2, -0.15) is 5.10 Å². The van der Waals surface area contributed by atoms with Crippen LogP contribution in [0.3, 0.4) is 0 Å². The molecule has 19 heavy (non-hydrogen) atoms. The van der Waals surface area contributed by atoms with E-state index in [-0.39, 0.29) is 17.6 Å². The van der Waals surface area contributed by atoms with E-state index < -0.39 is 5.91 Å². The van der Waals surface area contributed by atoms with E-state index in [9.17, 15) is 4.79 Å². The number of anilines is 1. The van der Waals surface area contributed by atoms with Crippen molar-refractivity contribution in [2.45, 2.75) is 26.8 Å². The summed E-state index contributed by atoms with van der Waals surface area (Å²) in [6, 6.07) is 2.01. The van der Waals surface area contributed by atoms with E-state index in [2.05, 4.69) is 25.4 Å². The second kappa shape index (κ2) is 5.09. The van der Waals surface area contributed by atoms with Crippen molar-refractivity contribution in [3.63, 3.8) is 0 Å².